The highest BCUT2D eigenvalue weighted by Crippen LogP contribution is 2.45. The summed E-state index contributed by atoms with van der Waals surface area (Å²) in [5, 5.41) is 2.06. The van der Waals surface area contributed by atoms with Crippen LogP contribution in [-0.4, -0.2) is 27.3 Å². The molecule has 7 nitrogen and oxygen atoms in total. The maximum atomic E-state index is 6.18. The van der Waals surface area contributed by atoms with Gasteiger partial charge in [-0.3, -0.25) is 0 Å². The molecule has 0 bridgehead atoms. The van der Waals surface area contributed by atoms with E-state index in [0.29, 0.717) is 6.61 Å². The van der Waals surface area contributed by atoms with Crippen molar-refractivity contribution < 1.29 is 18.6 Å². The van der Waals surface area contributed by atoms with Crippen LogP contribution in [-0.2, 0) is 23.5 Å². The number of rotatable bonds is 4. The van der Waals surface area contributed by atoms with Crippen LogP contribution in [0.4, 0.5) is 0 Å². The zero-order valence-electron chi connectivity index (χ0n) is 19.2. The van der Waals surface area contributed by atoms with E-state index in [1.54, 1.807) is 35.7 Å². The number of nitrogens with zero attached hydrogens (tertiary/aromatic N) is 3. The summed E-state index contributed by atoms with van der Waals surface area (Å²) in [7, 11) is 0. The summed E-state index contributed by atoms with van der Waals surface area (Å²) < 4.78 is 23.9. The van der Waals surface area contributed by atoms with Gasteiger partial charge in [-0.15, -0.1) is 23.1 Å². The molecule has 9 heteroatoms. The first-order valence-corrected chi connectivity index (χ1v) is 13.1. The van der Waals surface area contributed by atoms with E-state index in [4.69, 9.17) is 28.6 Å². The molecular formula is C26H21N3O4S2. The minimum atomic E-state index is -0.264. The van der Waals surface area contributed by atoms with E-state index in [1.165, 1.54) is 5.56 Å². The Balaban J connectivity index is 1.35. The van der Waals surface area contributed by atoms with Crippen LogP contribution >= 0.6 is 23.1 Å². The third-order valence-corrected chi connectivity index (χ3v) is 8.63. The number of ether oxygens (including phenoxy) is 3. The number of thiophene rings is 1. The van der Waals surface area contributed by atoms with Crippen molar-refractivity contribution in [2.24, 2.45) is 0 Å². The van der Waals surface area contributed by atoms with E-state index < -0.39 is 0 Å². The third-order valence-electron chi connectivity index (χ3n) is 6.36. The van der Waals surface area contributed by atoms with Crippen LogP contribution in [0.15, 0.2) is 52.4 Å². The summed E-state index contributed by atoms with van der Waals surface area (Å²) in [5.41, 5.74) is 5.03. The summed E-state index contributed by atoms with van der Waals surface area (Å²) in [6.45, 7) is 5.03. The summed E-state index contributed by atoms with van der Waals surface area (Å²) in [6.07, 6.45) is 4.13. The molecule has 0 amide bonds. The van der Waals surface area contributed by atoms with Gasteiger partial charge in [0, 0.05) is 23.1 Å². The van der Waals surface area contributed by atoms with E-state index in [2.05, 4.69) is 24.9 Å². The molecule has 0 saturated carbocycles. The van der Waals surface area contributed by atoms with Crippen molar-refractivity contribution in [3.05, 3.63) is 59.6 Å². The zero-order valence-corrected chi connectivity index (χ0v) is 20.8. The minimum Gasteiger partial charge on any atom is -0.463 e. The van der Waals surface area contributed by atoms with Crippen molar-refractivity contribution in [3.8, 4) is 23.0 Å². The number of aromatic nitrogens is 3. The van der Waals surface area contributed by atoms with Crippen molar-refractivity contribution >= 4 is 43.5 Å². The van der Waals surface area contributed by atoms with Crippen LogP contribution in [0.1, 0.15) is 30.5 Å². The minimum absolute atomic E-state index is 0.264. The molecule has 0 atom stereocenters. The predicted octanol–water partition coefficient (Wildman–Crippen LogP) is 6.37. The van der Waals surface area contributed by atoms with Gasteiger partial charge < -0.3 is 18.6 Å². The lowest BCUT2D eigenvalue weighted by Crippen LogP contribution is -2.32. The van der Waals surface area contributed by atoms with Gasteiger partial charge in [-0.2, -0.15) is 0 Å². The van der Waals surface area contributed by atoms with Gasteiger partial charge in [0.2, 0.25) is 6.79 Å². The van der Waals surface area contributed by atoms with Crippen LogP contribution in [0.5, 0.6) is 11.5 Å². The molecule has 2 aliphatic heterocycles. The number of fused-ring (bicyclic) bond motifs is 6. The molecule has 5 aromatic rings. The first kappa shape index (κ1) is 21.2. The number of hydrogen-bond acceptors (Lipinski definition) is 9. The molecule has 4 aromatic heterocycles. The Hall–Kier alpha value is -3.14. The SMILES string of the molecule is CC1(C)Cc2c(c(-c3ccco3)nc3sc4c(SCc5ccc6c(c5)OCO6)ncnc4c23)CO1. The molecule has 7 rings (SSSR count). The maximum Gasteiger partial charge on any atom is 0.231 e. The molecule has 0 aliphatic carbocycles. The number of thioether (sulfide) groups is 1. The van der Waals surface area contributed by atoms with Gasteiger partial charge in [-0.1, -0.05) is 6.07 Å². The lowest BCUT2D eigenvalue weighted by molar-refractivity contribution is -0.0395. The van der Waals surface area contributed by atoms with Crippen molar-refractivity contribution in [1.29, 1.82) is 0 Å². The van der Waals surface area contributed by atoms with Gasteiger partial charge in [0.25, 0.3) is 0 Å². The molecule has 0 fully saturated rings. The molecule has 0 radical (unpaired) electrons. The third kappa shape index (κ3) is 3.57. The van der Waals surface area contributed by atoms with Crippen LogP contribution in [0.2, 0.25) is 0 Å². The van der Waals surface area contributed by atoms with Gasteiger partial charge in [0.05, 0.1) is 28.7 Å². The van der Waals surface area contributed by atoms with Gasteiger partial charge >= 0.3 is 0 Å². The van der Waals surface area contributed by atoms with Crippen molar-refractivity contribution in [2.45, 2.75) is 43.3 Å². The zero-order chi connectivity index (χ0) is 23.6. The van der Waals surface area contributed by atoms with Crippen molar-refractivity contribution in [1.82, 2.24) is 15.0 Å². The highest BCUT2D eigenvalue weighted by molar-refractivity contribution is 7.98. The second-order valence-corrected chi connectivity index (χ2v) is 11.2. The smallest absolute Gasteiger partial charge is 0.231 e. The van der Waals surface area contributed by atoms with Crippen LogP contribution < -0.4 is 9.47 Å². The number of furan rings is 1. The van der Waals surface area contributed by atoms with Crippen molar-refractivity contribution in [3.63, 3.8) is 0 Å². The Morgan fingerprint density at radius 2 is 2.00 bits per heavy atom. The summed E-state index contributed by atoms with van der Waals surface area (Å²) in [5.74, 6) is 3.11. The van der Waals surface area contributed by atoms with Gasteiger partial charge in [-0.05, 0) is 49.2 Å². The highest BCUT2D eigenvalue weighted by Gasteiger charge is 2.32. The summed E-state index contributed by atoms with van der Waals surface area (Å²) in [6, 6.07) is 9.91. The largest absolute Gasteiger partial charge is 0.463 e. The molecule has 2 aliphatic rings. The standard InChI is InChI=1S/C26H21N3O4S2/c1-26(2)9-15-16(10-33-26)21(18-4-3-7-30-18)29-24-20(15)22-23(35-24)25(28-12-27-22)34-11-14-5-6-17-19(8-14)32-13-31-17/h3-8,12H,9-11,13H2,1-2H3. The Bertz CT molecular complexity index is 1590. The van der Waals surface area contributed by atoms with E-state index in [1.807, 2.05) is 24.3 Å². The Labute approximate surface area is 209 Å². The van der Waals surface area contributed by atoms with Crippen molar-refractivity contribution in [2.75, 3.05) is 6.79 Å². The fraction of sp³-hybridized carbons (Fsp3) is 0.269. The molecule has 176 valence electrons. The second-order valence-electron chi connectivity index (χ2n) is 9.24. The molecule has 0 saturated heterocycles. The lowest BCUT2D eigenvalue weighted by atomic mass is 9.89. The quantitative estimate of drug-likeness (QED) is 0.207. The molecule has 1 aromatic carbocycles. The van der Waals surface area contributed by atoms with Gasteiger partial charge in [0.1, 0.15) is 21.9 Å². The van der Waals surface area contributed by atoms with E-state index in [9.17, 15) is 0 Å². The molecule has 0 N–H and O–H groups in total. The molecule has 0 unspecified atom stereocenters. The fourth-order valence-electron chi connectivity index (χ4n) is 4.69. The summed E-state index contributed by atoms with van der Waals surface area (Å²) >= 11 is 3.34. The molecule has 6 heterocycles. The molecular weight excluding hydrogens is 482 g/mol. The van der Waals surface area contributed by atoms with Crippen LogP contribution in [0.3, 0.4) is 0 Å². The highest BCUT2D eigenvalue weighted by atomic mass is 32.2. The predicted molar refractivity (Wildman–Crippen MR) is 135 cm³/mol. The first-order valence-electron chi connectivity index (χ1n) is 11.3. The van der Waals surface area contributed by atoms with Gasteiger partial charge in [0.15, 0.2) is 17.3 Å². The van der Waals surface area contributed by atoms with Gasteiger partial charge in [-0.25, -0.2) is 15.0 Å². The average molecular weight is 504 g/mol. The topological polar surface area (TPSA) is 79.5 Å². The summed E-state index contributed by atoms with van der Waals surface area (Å²) in [4.78, 5) is 15.4. The van der Waals surface area contributed by atoms with E-state index >= 15 is 0 Å². The lowest BCUT2D eigenvalue weighted by Gasteiger charge is -2.32. The first-order chi connectivity index (χ1) is 17.1. The number of pyridine rings is 1. The number of benzene rings is 1. The van der Waals surface area contributed by atoms with E-state index in [-0.39, 0.29) is 12.4 Å². The average Bonchev–Trinajstić information content (AvgIpc) is 3.60. The number of hydrogen-bond donors (Lipinski definition) is 0. The Morgan fingerprint density at radius 1 is 1.09 bits per heavy atom. The van der Waals surface area contributed by atoms with Crippen LogP contribution in [0.25, 0.3) is 31.9 Å². The normalized spacial score (nSPS) is 16.2. The Morgan fingerprint density at radius 3 is 2.89 bits per heavy atom. The van der Waals surface area contributed by atoms with E-state index in [0.717, 1.165) is 71.7 Å². The maximum absolute atomic E-state index is 6.18. The Kier molecular flexibility index (Phi) is 4.80. The monoisotopic (exact) mass is 503 g/mol. The fourth-order valence-corrected chi connectivity index (χ4v) is 6.87. The van der Waals surface area contributed by atoms with Crippen LogP contribution in [0, 0.1) is 0 Å². The second kappa shape index (κ2) is 7.94. The molecule has 35 heavy (non-hydrogen) atoms. The molecule has 0 spiro atoms.